The lowest BCUT2D eigenvalue weighted by Gasteiger charge is -2.34. The molecule has 1 aliphatic heterocycles. The average Bonchev–Trinajstić information content (AvgIpc) is 3.58. The van der Waals surface area contributed by atoms with Crippen molar-refractivity contribution in [1.29, 1.82) is 5.26 Å². The Morgan fingerprint density at radius 1 is 1.10 bits per heavy atom. The number of carbonyl (C=O) groups excluding carboxylic acids is 3. The van der Waals surface area contributed by atoms with Crippen LogP contribution in [0.25, 0.3) is 0 Å². The number of hydrogen-bond acceptors (Lipinski definition) is 7. The van der Waals surface area contributed by atoms with Crippen LogP contribution in [0.2, 0.25) is 0 Å². The van der Waals surface area contributed by atoms with Gasteiger partial charge in [0.2, 0.25) is 17.7 Å². The van der Waals surface area contributed by atoms with Crippen LogP contribution < -0.4 is 16.8 Å². The van der Waals surface area contributed by atoms with Gasteiger partial charge in [0, 0.05) is 17.7 Å². The zero-order valence-electron chi connectivity index (χ0n) is 22.4. The molecule has 2 aromatic carbocycles. The number of carbonyl (C=O) groups is 3. The Morgan fingerprint density at radius 2 is 1.73 bits per heavy atom. The minimum atomic E-state index is -0.864. The monoisotopic (exact) mass is 540 g/mol. The zero-order chi connectivity index (χ0) is 28.4. The van der Waals surface area contributed by atoms with Crippen molar-refractivity contribution in [2.75, 3.05) is 19.6 Å². The second-order valence-corrected chi connectivity index (χ2v) is 10.4. The van der Waals surface area contributed by atoms with Gasteiger partial charge in [0.05, 0.1) is 18.0 Å². The van der Waals surface area contributed by atoms with Gasteiger partial charge in [0.25, 0.3) is 0 Å². The van der Waals surface area contributed by atoms with E-state index in [1.54, 1.807) is 17.0 Å². The Morgan fingerprint density at radius 3 is 2.25 bits per heavy atom. The zero-order valence-corrected chi connectivity index (χ0v) is 22.4. The third-order valence-corrected chi connectivity index (χ3v) is 8.02. The Kier molecular flexibility index (Phi) is 7.36. The van der Waals surface area contributed by atoms with E-state index in [0.717, 1.165) is 28.7 Å². The number of aromatic amines is 1. The predicted octanol–water partition coefficient (Wildman–Crippen LogP) is 1.24. The minimum Gasteiger partial charge on any atom is -0.366 e. The molecule has 2 aliphatic rings. The number of nitrogens with one attached hydrogen (secondary N) is 2. The average molecular weight is 541 g/mol. The summed E-state index contributed by atoms with van der Waals surface area (Å²) in [6.45, 7) is 2.94. The second kappa shape index (κ2) is 10.9. The van der Waals surface area contributed by atoms with Crippen LogP contribution in [0, 0.1) is 18.3 Å². The van der Waals surface area contributed by atoms with E-state index in [0.29, 0.717) is 61.5 Å². The van der Waals surface area contributed by atoms with Crippen molar-refractivity contribution in [3.8, 4) is 6.07 Å². The molecular formula is C29H32N8O3. The van der Waals surface area contributed by atoms with E-state index < -0.39 is 17.2 Å². The lowest BCUT2D eigenvalue weighted by atomic mass is 9.69. The van der Waals surface area contributed by atoms with E-state index in [9.17, 15) is 19.6 Å². The number of nitriles is 1. The highest BCUT2D eigenvalue weighted by atomic mass is 16.2. The van der Waals surface area contributed by atoms with Crippen LogP contribution in [-0.4, -0.2) is 63.5 Å². The molecule has 206 valence electrons. The molecule has 0 radical (unpaired) electrons. The maximum atomic E-state index is 12.9. The topological polar surface area (TPSA) is 184 Å². The molecule has 3 aromatic rings. The van der Waals surface area contributed by atoms with Gasteiger partial charge < -0.3 is 21.7 Å². The predicted molar refractivity (Wildman–Crippen MR) is 146 cm³/mol. The highest BCUT2D eigenvalue weighted by Crippen LogP contribution is 2.46. The van der Waals surface area contributed by atoms with Gasteiger partial charge >= 0.3 is 0 Å². The van der Waals surface area contributed by atoms with Crippen molar-refractivity contribution < 1.29 is 14.4 Å². The fourth-order valence-corrected chi connectivity index (χ4v) is 6.08. The number of likely N-dealkylation sites (tertiary alicyclic amines) is 1. The molecule has 6 N–H and O–H groups in total. The molecule has 0 saturated carbocycles. The highest BCUT2D eigenvalue weighted by Gasteiger charge is 2.44. The molecule has 1 atom stereocenters. The number of aryl methyl sites for hydroxylation is 3. The van der Waals surface area contributed by atoms with E-state index in [2.05, 4.69) is 21.6 Å². The van der Waals surface area contributed by atoms with Crippen molar-refractivity contribution >= 4 is 17.7 Å². The molecule has 1 saturated heterocycles. The number of nitrogens with two attached hydrogens (primary N) is 2. The molecule has 0 unspecified atom stereocenters. The summed E-state index contributed by atoms with van der Waals surface area (Å²) in [4.78, 5) is 43.4. The van der Waals surface area contributed by atoms with Crippen LogP contribution in [0.15, 0.2) is 36.4 Å². The Bertz CT molecular complexity index is 1460. The van der Waals surface area contributed by atoms with Gasteiger partial charge in [-0.3, -0.25) is 19.5 Å². The smallest absolute Gasteiger partial charge is 0.248 e. The molecule has 0 spiro atoms. The standard InChI is InChI=1S/C29H32N8O3/c1-17-34-28(36-35-17)29(10-11-33-16-25(38)37-12-2-3-22(37)15-30)23-8-6-20(26(31)39)13-18(23)4-5-19-14-21(27(32)40)7-9-24(19)29/h6-9,13-14,22,33H,2-5,10-12,16H2,1H3,(H2,31,39)(H2,32,40)(H,34,35,36)/t22-/m0/s1. The Labute approximate surface area is 231 Å². The van der Waals surface area contributed by atoms with Gasteiger partial charge in [0.1, 0.15) is 11.9 Å². The third kappa shape index (κ3) is 4.82. The third-order valence-electron chi connectivity index (χ3n) is 8.02. The minimum absolute atomic E-state index is 0.0994. The Balaban J connectivity index is 1.57. The quantitative estimate of drug-likeness (QED) is 0.310. The first-order chi connectivity index (χ1) is 19.2. The number of nitrogens with zero attached hydrogens (tertiary/aromatic N) is 4. The van der Waals surface area contributed by atoms with Crippen molar-refractivity contribution in [2.45, 2.75) is 50.5 Å². The summed E-state index contributed by atoms with van der Waals surface area (Å²) in [6, 6.07) is 12.7. The fraction of sp³-hybridized carbons (Fsp3) is 0.379. The molecule has 1 aliphatic carbocycles. The molecule has 1 fully saturated rings. The summed E-state index contributed by atoms with van der Waals surface area (Å²) in [7, 11) is 0. The number of fused-ring (bicyclic) bond motifs is 2. The number of amides is 3. The van der Waals surface area contributed by atoms with Crippen LogP contribution in [0.4, 0.5) is 0 Å². The lowest BCUT2D eigenvalue weighted by molar-refractivity contribution is -0.130. The second-order valence-electron chi connectivity index (χ2n) is 10.4. The molecule has 40 heavy (non-hydrogen) atoms. The van der Waals surface area contributed by atoms with Crippen LogP contribution >= 0.6 is 0 Å². The van der Waals surface area contributed by atoms with Crippen LogP contribution in [0.1, 0.15) is 73.9 Å². The van der Waals surface area contributed by atoms with E-state index in [1.165, 1.54) is 0 Å². The molecule has 3 amide bonds. The van der Waals surface area contributed by atoms with Gasteiger partial charge in [-0.15, -0.1) is 0 Å². The van der Waals surface area contributed by atoms with E-state index >= 15 is 0 Å². The largest absolute Gasteiger partial charge is 0.366 e. The van der Waals surface area contributed by atoms with E-state index in [4.69, 9.17) is 16.5 Å². The number of H-pyrrole nitrogens is 1. The highest BCUT2D eigenvalue weighted by molar-refractivity contribution is 5.94. The number of hydrogen-bond donors (Lipinski definition) is 4. The Hall–Kier alpha value is -4.56. The molecular weight excluding hydrogens is 508 g/mol. The SMILES string of the molecule is Cc1nc(C2(CCNCC(=O)N3CCC[C@H]3C#N)c3ccc(C(N)=O)cc3CCc3cc(C(N)=O)ccc32)n[nH]1. The molecule has 11 heteroatoms. The van der Waals surface area contributed by atoms with Crippen LogP contribution in [0.3, 0.4) is 0 Å². The number of primary amides is 2. The normalized spacial score (nSPS) is 17.4. The van der Waals surface area contributed by atoms with Gasteiger partial charge in [-0.1, -0.05) is 12.1 Å². The van der Waals surface area contributed by atoms with Crippen molar-refractivity contribution in [3.05, 3.63) is 81.4 Å². The summed E-state index contributed by atoms with van der Waals surface area (Å²) < 4.78 is 0. The number of benzene rings is 2. The van der Waals surface area contributed by atoms with E-state index in [1.807, 2.05) is 31.2 Å². The van der Waals surface area contributed by atoms with Gasteiger partial charge in [-0.2, -0.15) is 10.4 Å². The van der Waals surface area contributed by atoms with Gasteiger partial charge in [-0.05, 0) is 92.1 Å². The molecule has 11 nitrogen and oxygen atoms in total. The summed E-state index contributed by atoms with van der Waals surface area (Å²) in [6.07, 6.45) is 3.21. The molecule has 2 heterocycles. The number of rotatable bonds is 8. The van der Waals surface area contributed by atoms with Crippen molar-refractivity contribution in [3.63, 3.8) is 0 Å². The first-order valence-electron chi connectivity index (χ1n) is 13.4. The summed E-state index contributed by atoms with van der Waals surface area (Å²) in [5.74, 6) is 0.0512. The maximum Gasteiger partial charge on any atom is 0.248 e. The molecule has 1 aromatic heterocycles. The van der Waals surface area contributed by atoms with Gasteiger partial charge in [0.15, 0.2) is 5.82 Å². The maximum absolute atomic E-state index is 12.9. The van der Waals surface area contributed by atoms with Crippen LogP contribution in [-0.2, 0) is 23.1 Å². The van der Waals surface area contributed by atoms with Crippen molar-refractivity contribution in [2.24, 2.45) is 11.5 Å². The first-order valence-corrected chi connectivity index (χ1v) is 13.4. The summed E-state index contributed by atoms with van der Waals surface area (Å²) in [5, 5.41) is 20.2. The molecule has 0 bridgehead atoms. The van der Waals surface area contributed by atoms with Crippen LogP contribution in [0.5, 0.6) is 0 Å². The summed E-state index contributed by atoms with van der Waals surface area (Å²) >= 11 is 0. The van der Waals surface area contributed by atoms with Gasteiger partial charge in [-0.25, -0.2) is 4.98 Å². The summed E-state index contributed by atoms with van der Waals surface area (Å²) in [5.41, 5.74) is 14.9. The molecule has 5 rings (SSSR count). The fourth-order valence-electron chi connectivity index (χ4n) is 6.08. The van der Waals surface area contributed by atoms with Crippen molar-refractivity contribution in [1.82, 2.24) is 25.4 Å². The lowest BCUT2D eigenvalue weighted by Crippen LogP contribution is -2.42. The van der Waals surface area contributed by atoms with E-state index in [-0.39, 0.29) is 18.5 Å². The number of aromatic nitrogens is 3. The first kappa shape index (κ1) is 27.0.